The molecule has 4 N–H and O–H groups in total. The topological polar surface area (TPSA) is 98.0 Å². The summed E-state index contributed by atoms with van der Waals surface area (Å²) in [6.07, 6.45) is 8.36. The molecule has 1 fully saturated rings. The number of unbranched alkanes of at least 4 members (excludes halogenated alkanes) is 4. The van der Waals surface area contributed by atoms with Gasteiger partial charge in [0.15, 0.2) is 0 Å². The highest BCUT2D eigenvalue weighted by Gasteiger charge is 2.41. The zero-order valence-corrected chi connectivity index (χ0v) is 17.6. The van der Waals surface area contributed by atoms with E-state index in [1.165, 1.54) is 0 Å². The van der Waals surface area contributed by atoms with Crippen LogP contribution in [0, 0.1) is 17.3 Å². The maximum Gasteiger partial charge on any atom is 0.303 e. The molecule has 0 unspecified atom stereocenters. The minimum Gasteiger partial charge on any atom is -0.481 e. The second-order valence-electron chi connectivity index (χ2n) is 9.23. The molecule has 27 heavy (non-hydrogen) atoms. The Morgan fingerprint density at radius 1 is 1.00 bits per heavy atom. The van der Waals surface area contributed by atoms with Crippen molar-refractivity contribution in [2.24, 2.45) is 17.3 Å². The van der Waals surface area contributed by atoms with Crippen LogP contribution in [0.1, 0.15) is 97.8 Å². The molecule has 0 aliphatic heterocycles. The highest BCUT2D eigenvalue weighted by molar-refractivity contribution is 5.66. The van der Waals surface area contributed by atoms with Crippen LogP contribution in [0.3, 0.4) is 0 Å². The molecule has 0 spiro atoms. The Labute approximate surface area is 165 Å². The lowest BCUT2D eigenvalue weighted by atomic mass is 9.77. The van der Waals surface area contributed by atoms with E-state index in [1.54, 1.807) is 0 Å². The minimum absolute atomic E-state index is 0.0515. The first kappa shape index (κ1) is 24.4. The molecule has 0 aromatic carbocycles. The molecule has 1 aliphatic carbocycles. The molecule has 1 rings (SSSR count). The van der Waals surface area contributed by atoms with Gasteiger partial charge in [-0.05, 0) is 55.8 Å². The van der Waals surface area contributed by atoms with E-state index in [4.69, 9.17) is 5.11 Å². The summed E-state index contributed by atoms with van der Waals surface area (Å²) in [5.74, 6) is -0.606. The number of rotatable bonds is 14. The van der Waals surface area contributed by atoms with Crippen LogP contribution < -0.4 is 0 Å². The molecule has 0 aromatic heterocycles. The molecular weight excluding hydrogens is 344 g/mol. The van der Waals surface area contributed by atoms with Crippen LogP contribution in [-0.2, 0) is 4.79 Å². The number of aliphatic hydroxyl groups is 3. The van der Waals surface area contributed by atoms with E-state index in [2.05, 4.69) is 20.8 Å². The Bertz CT molecular complexity index is 423. The first-order valence-corrected chi connectivity index (χ1v) is 10.9. The van der Waals surface area contributed by atoms with Crippen molar-refractivity contribution in [3.05, 3.63) is 0 Å². The van der Waals surface area contributed by atoms with E-state index in [9.17, 15) is 20.1 Å². The second-order valence-corrected chi connectivity index (χ2v) is 9.23. The van der Waals surface area contributed by atoms with Gasteiger partial charge < -0.3 is 20.4 Å². The lowest BCUT2D eigenvalue weighted by molar-refractivity contribution is -0.137. The normalized spacial score (nSPS) is 27.0. The van der Waals surface area contributed by atoms with Crippen molar-refractivity contribution in [1.29, 1.82) is 0 Å². The lowest BCUT2D eigenvalue weighted by Crippen LogP contribution is -2.31. The van der Waals surface area contributed by atoms with E-state index < -0.39 is 18.2 Å². The number of carboxylic acid groups (broad SMARTS) is 1. The fourth-order valence-electron chi connectivity index (χ4n) is 4.53. The molecule has 0 amide bonds. The molecule has 0 aromatic rings. The predicted octanol–water partition coefficient (Wildman–Crippen LogP) is 4.13. The quantitative estimate of drug-likeness (QED) is 0.337. The van der Waals surface area contributed by atoms with Crippen molar-refractivity contribution in [3.8, 4) is 0 Å². The van der Waals surface area contributed by atoms with E-state index in [0.29, 0.717) is 19.3 Å². The van der Waals surface area contributed by atoms with E-state index in [-0.39, 0.29) is 29.8 Å². The number of aliphatic hydroxyl groups excluding tert-OH is 3. The summed E-state index contributed by atoms with van der Waals surface area (Å²) in [7, 11) is 0. The summed E-state index contributed by atoms with van der Waals surface area (Å²) in [5.41, 5.74) is -0.113. The van der Waals surface area contributed by atoms with Gasteiger partial charge in [0.25, 0.3) is 0 Å². The van der Waals surface area contributed by atoms with Gasteiger partial charge >= 0.3 is 5.97 Å². The molecule has 5 heteroatoms. The van der Waals surface area contributed by atoms with Crippen LogP contribution in [0.15, 0.2) is 0 Å². The zero-order chi connectivity index (χ0) is 20.4. The number of hydrogen-bond acceptors (Lipinski definition) is 4. The van der Waals surface area contributed by atoms with Crippen molar-refractivity contribution in [2.45, 2.75) is 116 Å². The Morgan fingerprint density at radius 3 is 2.19 bits per heavy atom. The first-order chi connectivity index (χ1) is 12.7. The van der Waals surface area contributed by atoms with Crippen LogP contribution in [0.4, 0.5) is 0 Å². The van der Waals surface area contributed by atoms with Crippen molar-refractivity contribution in [1.82, 2.24) is 0 Å². The van der Waals surface area contributed by atoms with Crippen LogP contribution in [0.5, 0.6) is 0 Å². The minimum atomic E-state index is -0.746. The van der Waals surface area contributed by atoms with Gasteiger partial charge in [-0.2, -0.15) is 0 Å². The van der Waals surface area contributed by atoms with Crippen molar-refractivity contribution < 1.29 is 25.2 Å². The zero-order valence-electron chi connectivity index (χ0n) is 17.6. The monoisotopic (exact) mass is 386 g/mol. The summed E-state index contributed by atoms with van der Waals surface area (Å²) >= 11 is 0. The molecule has 0 bridgehead atoms. The molecule has 0 saturated heterocycles. The van der Waals surface area contributed by atoms with E-state index in [0.717, 1.165) is 51.4 Å². The number of aliphatic carboxylic acids is 1. The second kappa shape index (κ2) is 12.0. The first-order valence-electron chi connectivity index (χ1n) is 10.9. The van der Waals surface area contributed by atoms with Gasteiger partial charge in [0.05, 0.1) is 18.3 Å². The van der Waals surface area contributed by atoms with E-state index >= 15 is 0 Å². The maximum absolute atomic E-state index is 10.6. The summed E-state index contributed by atoms with van der Waals surface area (Å²) in [4.78, 5) is 10.5. The van der Waals surface area contributed by atoms with Gasteiger partial charge in [-0.15, -0.1) is 0 Å². The molecule has 5 atom stereocenters. The molecule has 5 nitrogen and oxygen atoms in total. The molecule has 0 radical (unpaired) electrons. The number of hydrogen-bond donors (Lipinski definition) is 4. The molecule has 0 heterocycles. The third-order valence-electron chi connectivity index (χ3n) is 6.55. The number of carboxylic acids is 1. The molecule has 160 valence electrons. The Balaban J connectivity index is 2.43. The largest absolute Gasteiger partial charge is 0.481 e. The third kappa shape index (κ3) is 8.49. The Kier molecular flexibility index (Phi) is 10.9. The molecule has 1 aliphatic rings. The van der Waals surface area contributed by atoms with Crippen LogP contribution in [-0.4, -0.2) is 44.7 Å². The summed E-state index contributed by atoms with van der Waals surface area (Å²) in [6.45, 7) is 6.38. The predicted molar refractivity (Wildman–Crippen MR) is 107 cm³/mol. The highest BCUT2D eigenvalue weighted by Crippen LogP contribution is 2.40. The van der Waals surface area contributed by atoms with Gasteiger partial charge in [-0.1, -0.05) is 52.9 Å². The summed E-state index contributed by atoms with van der Waals surface area (Å²) in [6, 6.07) is 0. The van der Waals surface area contributed by atoms with Crippen molar-refractivity contribution >= 4 is 5.97 Å². The SMILES string of the molecule is CCCCC(C)(C)[C@H](O)CC[C@@H]1[C@@H](CCCCCCC(=O)O)[C@@H](O)C[C@H]1O. The number of carbonyl (C=O) groups is 1. The maximum atomic E-state index is 10.6. The Hall–Kier alpha value is -0.650. The smallest absolute Gasteiger partial charge is 0.303 e. The van der Waals surface area contributed by atoms with Gasteiger partial charge in [0.2, 0.25) is 0 Å². The fourth-order valence-corrected chi connectivity index (χ4v) is 4.53. The summed E-state index contributed by atoms with van der Waals surface area (Å²) in [5, 5.41) is 40.0. The molecular formula is C22H42O5. The van der Waals surface area contributed by atoms with Gasteiger partial charge in [0.1, 0.15) is 0 Å². The van der Waals surface area contributed by atoms with E-state index in [1.807, 2.05) is 0 Å². The van der Waals surface area contributed by atoms with Gasteiger partial charge in [-0.3, -0.25) is 4.79 Å². The van der Waals surface area contributed by atoms with Crippen LogP contribution in [0.2, 0.25) is 0 Å². The highest BCUT2D eigenvalue weighted by atomic mass is 16.4. The van der Waals surface area contributed by atoms with Crippen molar-refractivity contribution in [2.75, 3.05) is 0 Å². The van der Waals surface area contributed by atoms with Crippen LogP contribution in [0.25, 0.3) is 0 Å². The lowest BCUT2D eigenvalue weighted by Gasteiger charge is -2.32. The summed E-state index contributed by atoms with van der Waals surface area (Å²) < 4.78 is 0. The van der Waals surface area contributed by atoms with Gasteiger partial charge in [-0.25, -0.2) is 0 Å². The van der Waals surface area contributed by atoms with Crippen LogP contribution >= 0.6 is 0 Å². The molecule has 1 saturated carbocycles. The fraction of sp³-hybridized carbons (Fsp3) is 0.955. The average molecular weight is 387 g/mol. The van der Waals surface area contributed by atoms with Crippen molar-refractivity contribution in [3.63, 3.8) is 0 Å². The Morgan fingerprint density at radius 2 is 1.59 bits per heavy atom. The average Bonchev–Trinajstić information content (AvgIpc) is 2.86. The standard InChI is InChI=1S/C22H42O5/c1-4-5-14-22(2,3)20(25)13-12-17-16(18(23)15-19(17)24)10-8-6-7-9-11-21(26)27/h16-20,23-25H,4-15H2,1-3H3,(H,26,27)/t16-,17-,18+,19-,20-/m1/s1. The third-order valence-corrected chi connectivity index (χ3v) is 6.55. The van der Waals surface area contributed by atoms with Gasteiger partial charge in [0, 0.05) is 6.42 Å².